The molecule has 1 aliphatic heterocycles. The molecule has 1 saturated heterocycles. The van der Waals surface area contributed by atoms with Crippen molar-refractivity contribution in [1.29, 1.82) is 0 Å². The third-order valence-corrected chi connectivity index (χ3v) is 8.59. The van der Waals surface area contributed by atoms with E-state index in [1.54, 1.807) is 18.7 Å². The Morgan fingerprint density at radius 1 is 1.35 bits per heavy atom. The molecule has 0 aromatic carbocycles. The molecule has 0 unspecified atom stereocenters. The van der Waals surface area contributed by atoms with E-state index in [0.29, 0.717) is 12.3 Å². The molecule has 0 aliphatic carbocycles. The van der Waals surface area contributed by atoms with Crippen molar-refractivity contribution in [3.8, 4) is 0 Å². The van der Waals surface area contributed by atoms with Crippen molar-refractivity contribution in [2.24, 2.45) is 5.92 Å². The van der Waals surface area contributed by atoms with Gasteiger partial charge in [0.15, 0.2) is 18.5 Å². The van der Waals surface area contributed by atoms with Crippen molar-refractivity contribution >= 4 is 50.6 Å². The molecular formula is C13H21N3O3S4. The lowest BCUT2D eigenvalue weighted by Crippen LogP contribution is -2.39. The number of rotatable bonds is 7. The summed E-state index contributed by atoms with van der Waals surface area (Å²) in [5, 5.41) is 10.7. The quantitative estimate of drug-likeness (QED) is 0.707. The monoisotopic (exact) mass is 395 g/mol. The molecule has 10 heteroatoms. The van der Waals surface area contributed by atoms with Crippen molar-refractivity contribution in [2.75, 3.05) is 17.3 Å². The summed E-state index contributed by atoms with van der Waals surface area (Å²) in [7, 11) is -2.98. The van der Waals surface area contributed by atoms with E-state index < -0.39 is 9.84 Å². The summed E-state index contributed by atoms with van der Waals surface area (Å²) < 4.78 is 24.5. The fourth-order valence-corrected chi connectivity index (χ4v) is 6.80. The van der Waals surface area contributed by atoms with Gasteiger partial charge in [-0.15, -0.1) is 10.2 Å². The molecule has 2 heterocycles. The SMILES string of the molecule is CC(C)CSc1nnc(S[C@@H](C)C(=O)N[C@H]2CCS(=O)(=O)C2)s1. The maximum Gasteiger partial charge on any atom is 0.233 e. The highest BCUT2D eigenvalue weighted by atomic mass is 32.2. The standard InChI is InChI=1S/C13H21N3O3S4/c1-8(2)6-20-12-15-16-13(22-12)21-9(3)11(17)14-10-4-5-23(18,19)7-10/h8-10H,4-7H2,1-3H3,(H,14,17)/t9-,10-/m0/s1. The average Bonchev–Trinajstić information content (AvgIpc) is 3.03. The molecule has 1 aliphatic rings. The lowest BCUT2D eigenvalue weighted by atomic mass is 10.2. The number of carbonyl (C=O) groups excluding carboxylic acids is 1. The topological polar surface area (TPSA) is 89.0 Å². The van der Waals surface area contributed by atoms with E-state index >= 15 is 0 Å². The van der Waals surface area contributed by atoms with Crippen LogP contribution in [0, 0.1) is 5.92 Å². The lowest BCUT2D eigenvalue weighted by Gasteiger charge is -2.14. The first-order chi connectivity index (χ1) is 10.7. The zero-order valence-corrected chi connectivity index (χ0v) is 16.6. The highest BCUT2D eigenvalue weighted by molar-refractivity contribution is 8.03. The number of thioether (sulfide) groups is 2. The normalized spacial score (nSPS) is 21.5. The lowest BCUT2D eigenvalue weighted by molar-refractivity contribution is -0.120. The first-order valence-corrected chi connectivity index (χ1v) is 11.9. The maximum absolute atomic E-state index is 12.2. The van der Waals surface area contributed by atoms with Gasteiger partial charge in [-0.25, -0.2) is 8.42 Å². The molecule has 1 N–H and O–H groups in total. The van der Waals surface area contributed by atoms with Crippen molar-refractivity contribution < 1.29 is 13.2 Å². The largest absolute Gasteiger partial charge is 0.351 e. The number of sulfone groups is 1. The number of nitrogens with one attached hydrogen (secondary N) is 1. The van der Waals surface area contributed by atoms with Crippen LogP contribution in [0.5, 0.6) is 0 Å². The molecular weight excluding hydrogens is 374 g/mol. The summed E-state index contributed by atoms with van der Waals surface area (Å²) in [6.07, 6.45) is 0.500. The van der Waals surface area contributed by atoms with Gasteiger partial charge in [0.25, 0.3) is 0 Å². The van der Waals surface area contributed by atoms with Gasteiger partial charge in [0.1, 0.15) is 0 Å². The van der Waals surface area contributed by atoms with Gasteiger partial charge in [0, 0.05) is 11.8 Å². The van der Waals surface area contributed by atoms with Gasteiger partial charge in [0.2, 0.25) is 5.91 Å². The second kappa shape index (κ2) is 8.17. The third-order valence-electron chi connectivity index (χ3n) is 3.15. The molecule has 2 atom stereocenters. The molecule has 0 bridgehead atoms. The molecule has 130 valence electrons. The predicted molar refractivity (Wildman–Crippen MR) is 96.0 cm³/mol. The molecule has 23 heavy (non-hydrogen) atoms. The van der Waals surface area contributed by atoms with E-state index in [-0.39, 0.29) is 28.7 Å². The third kappa shape index (κ3) is 6.24. The van der Waals surface area contributed by atoms with E-state index in [0.717, 1.165) is 14.4 Å². The van der Waals surface area contributed by atoms with Crippen LogP contribution in [0.4, 0.5) is 0 Å². The van der Waals surface area contributed by atoms with Gasteiger partial charge in [-0.05, 0) is 19.3 Å². The highest BCUT2D eigenvalue weighted by Crippen LogP contribution is 2.32. The molecule has 2 rings (SSSR count). The number of hydrogen-bond acceptors (Lipinski definition) is 8. The van der Waals surface area contributed by atoms with Crippen LogP contribution < -0.4 is 5.32 Å². The summed E-state index contributed by atoms with van der Waals surface area (Å²) in [5.41, 5.74) is 0. The van der Waals surface area contributed by atoms with Crippen LogP contribution in [0.25, 0.3) is 0 Å². The van der Waals surface area contributed by atoms with Gasteiger partial charge in [0.05, 0.1) is 16.8 Å². The summed E-state index contributed by atoms with van der Waals surface area (Å²) >= 11 is 4.53. The minimum absolute atomic E-state index is 0.0466. The van der Waals surface area contributed by atoms with Crippen LogP contribution in [0.3, 0.4) is 0 Å². The van der Waals surface area contributed by atoms with Crippen molar-refractivity contribution in [3.05, 3.63) is 0 Å². The number of amides is 1. The first kappa shape index (κ1) is 19.0. The molecule has 1 amide bonds. The second-order valence-electron chi connectivity index (χ2n) is 5.91. The Morgan fingerprint density at radius 2 is 2.04 bits per heavy atom. The van der Waals surface area contributed by atoms with Gasteiger partial charge in [-0.3, -0.25) is 4.79 Å². The van der Waals surface area contributed by atoms with E-state index in [4.69, 9.17) is 0 Å². The fraction of sp³-hybridized carbons (Fsp3) is 0.769. The van der Waals surface area contributed by atoms with E-state index in [2.05, 4.69) is 29.4 Å². The Labute approximate surface area is 149 Å². The summed E-state index contributed by atoms with van der Waals surface area (Å²) in [6.45, 7) is 6.10. The van der Waals surface area contributed by atoms with Gasteiger partial charge < -0.3 is 5.32 Å². The first-order valence-electron chi connectivity index (χ1n) is 7.39. The number of aromatic nitrogens is 2. The average molecular weight is 396 g/mol. The number of nitrogens with zero attached hydrogens (tertiary/aromatic N) is 2. The van der Waals surface area contributed by atoms with Crippen molar-refractivity contribution in [2.45, 2.75) is 47.2 Å². The number of hydrogen-bond donors (Lipinski definition) is 1. The Kier molecular flexibility index (Phi) is 6.76. The smallest absolute Gasteiger partial charge is 0.233 e. The molecule has 0 radical (unpaired) electrons. The zero-order chi connectivity index (χ0) is 17.0. The maximum atomic E-state index is 12.2. The van der Waals surface area contributed by atoms with Crippen LogP contribution in [-0.4, -0.2) is 53.1 Å². The van der Waals surface area contributed by atoms with Gasteiger partial charge in [-0.1, -0.05) is 48.7 Å². The minimum atomic E-state index is -2.98. The van der Waals surface area contributed by atoms with Crippen LogP contribution in [0.15, 0.2) is 8.68 Å². The molecule has 1 fully saturated rings. The molecule has 6 nitrogen and oxygen atoms in total. The van der Waals surface area contributed by atoms with E-state index in [9.17, 15) is 13.2 Å². The van der Waals surface area contributed by atoms with Crippen LogP contribution >= 0.6 is 34.9 Å². The Bertz CT molecular complexity index is 645. The van der Waals surface area contributed by atoms with Gasteiger partial charge >= 0.3 is 0 Å². The molecule has 1 aromatic heterocycles. The van der Waals surface area contributed by atoms with Crippen LogP contribution in [-0.2, 0) is 14.6 Å². The predicted octanol–water partition coefficient (Wildman–Crippen LogP) is 2.07. The van der Waals surface area contributed by atoms with Crippen LogP contribution in [0.1, 0.15) is 27.2 Å². The van der Waals surface area contributed by atoms with Gasteiger partial charge in [-0.2, -0.15) is 0 Å². The van der Waals surface area contributed by atoms with E-state index in [1.807, 2.05) is 0 Å². The number of carbonyl (C=O) groups is 1. The van der Waals surface area contributed by atoms with Crippen LogP contribution in [0.2, 0.25) is 0 Å². The summed E-state index contributed by atoms with van der Waals surface area (Å²) in [4.78, 5) is 12.2. The zero-order valence-electron chi connectivity index (χ0n) is 13.3. The van der Waals surface area contributed by atoms with Crippen molar-refractivity contribution in [3.63, 3.8) is 0 Å². The summed E-state index contributed by atoms with van der Waals surface area (Å²) in [5.74, 6) is 1.64. The second-order valence-corrected chi connectivity index (χ2v) is 12.0. The van der Waals surface area contributed by atoms with E-state index in [1.165, 1.54) is 23.1 Å². The summed E-state index contributed by atoms with van der Waals surface area (Å²) in [6, 6.07) is -0.262. The Morgan fingerprint density at radius 3 is 2.65 bits per heavy atom. The Hall–Kier alpha value is -0.320. The molecule has 0 spiro atoms. The minimum Gasteiger partial charge on any atom is -0.351 e. The van der Waals surface area contributed by atoms with Crippen molar-refractivity contribution in [1.82, 2.24) is 15.5 Å². The highest BCUT2D eigenvalue weighted by Gasteiger charge is 2.30. The Balaban J connectivity index is 1.81. The fourth-order valence-electron chi connectivity index (χ4n) is 1.97. The molecule has 0 saturated carbocycles. The molecule has 1 aromatic rings.